The summed E-state index contributed by atoms with van der Waals surface area (Å²) in [5.74, 6) is 0. The minimum atomic E-state index is 0.646. The van der Waals surface area contributed by atoms with Crippen LogP contribution in [0, 0.1) is 0 Å². The van der Waals surface area contributed by atoms with E-state index in [2.05, 4.69) is 16.1 Å². The summed E-state index contributed by atoms with van der Waals surface area (Å²) in [6.07, 6.45) is 0. The second-order valence-electron chi connectivity index (χ2n) is 5.44. The molecule has 1 heterocycles. The summed E-state index contributed by atoms with van der Waals surface area (Å²) in [4.78, 5) is 3.90. The fraction of sp³-hybridized carbons (Fsp3) is 0.333. The van der Waals surface area contributed by atoms with Gasteiger partial charge in [-0.2, -0.15) is 4.80 Å². The lowest BCUT2D eigenvalue weighted by molar-refractivity contribution is 0.190. The molecule has 0 aliphatic carbocycles. The van der Waals surface area contributed by atoms with Gasteiger partial charge in [0.15, 0.2) is 0 Å². The van der Waals surface area contributed by atoms with Gasteiger partial charge in [-0.15, -0.1) is 10.2 Å². The Bertz CT molecular complexity index is 765. The molecule has 0 atom stereocenters. The average molecular weight is 326 g/mol. The Morgan fingerprint density at radius 2 is 1.58 bits per heavy atom. The molecule has 0 aliphatic rings. The van der Waals surface area contributed by atoms with Crippen LogP contribution in [0.3, 0.4) is 0 Å². The van der Waals surface area contributed by atoms with E-state index >= 15 is 0 Å². The molecule has 0 spiro atoms. The number of methoxy groups -OCH3 is 2. The van der Waals surface area contributed by atoms with Gasteiger partial charge in [0, 0.05) is 27.3 Å². The summed E-state index contributed by atoms with van der Waals surface area (Å²) >= 11 is 0. The first-order chi connectivity index (χ1) is 11.8. The van der Waals surface area contributed by atoms with Crippen LogP contribution in [0.2, 0.25) is 0 Å². The van der Waals surface area contributed by atoms with Gasteiger partial charge in [-0.3, -0.25) is 0 Å². The van der Waals surface area contributed by atoms with E-state index in [4.69, 9.17) is 14.6 Å². The Morgan fingerprint density at radius 1 is 0.875 bits per heavy atom. The van der Waals surface area contributed by atoms with Gasteiger partial charge in [0.25, 0.3) is 0 Å². The van der Waals surface area contributed by atoms with E-state index in [0.717, 1.165) is 35.5 Å². The lowest BCUT2D eigenvalue weighted by Crippen LogP contribution is -2.30. The molecule has 0 fully saturated rings. The Labute approximate surface area is 141 Å². The largest absolute Gasteiger partial charge is 0.383 e. The van der Waals surface area contributed by atoms with Gasteiger partial charge in [0.2, 0.25) is 0 Å². The lowest BCUT2D eigenvalue weighted by Gasteiger charge is -2.24. The molecular formula is C18H22N4O2. The summed E-state index contributed by atoms with van der Waals surface area (Å²) in [5.41, 5.74) is 3.74. The molecule has 2 aromatic carbocycles. The van der Waals surface area contributed by atoms with Gasteiger partial charge < -0.3 is 14.4 Å². The fourth-order valence-electron chi connectivity index (χ4n) is 2.61. The molecule has 0 amide bonds. The van der Waals surface area contributed by atoms with Crippen molar-refractivity contribution in [2.24, 2.45) is 0 Å². The van der Waals surface area contributed by atoms with Gasteiger partial charge >= 0.3 is 0 Å². The Hall–Kier alpha value is -2.44. The van der Waals surface area contributed by atoms with Crippen molar-refractivity contribution in [3.63, 3.8) is 0 Å². The van der Waals surface area contributed by atoms with Crippen LogP contribution in [0.1, 0.15) is 0 Å². The van der Waals surface area contributed by atoms with Crippen LogP contribution in [0.25, 0.3) is 16.7 Å². The number of aromatic nitrogens is 3. The van der Waals surface area contributed by atoms with Crippen molar-refractivity contribution in [2.45, 2.75) is 0 Å². The molecule has 0 radical (unpaired) electrons. The number of hydrogen-bond acceptors (Lipinski definition) is 5. The molecule has 6 heteroatoms. The molecule has 0 N–H and O–H groups in total. The Morgan fingerprint density at radius 3 is 2.25 bits per heavy atom. The van der Waals surface area contributed by atoms with Crippen molar-refractivity contribution >= 4 is 16.7 Å². The van der Waals surface area contributed by atoms with E-state index in [9.17, 15) is 0 Å². The standard InChI is InChI=1S/C18H22N4O2/c1-23-13-11-21(12-14-24-2)17-10-6-9-16-18(17)20-22(19-16)15-7-4-3-5-8-15/h3-10H,11-14H2,1-2H3. The molecule has 0 saturated carbocycles. The second kappa shape index (κ2) is 7.90. The fourth-order valence-corrected chi connectivity index (χ4v) is 2.61. The van der Waals surface area contributed by atoms with E-state index < -0.39 is 0 Å². The monoisotopic (exact) mass is 326 g/mol. The van der Waals surface area contributed by atoms with Crippen LogP contribution in [-0.2, 0) is 9.47 Å². The highest BCUT2D eigenvalue weighted by Gasteiger charge is 2.14. The minimum absolute atomic E-state index is 0.646. The summed E-state index contributed by atoms with van der Waals surface area (Å²) in [6.45, 7) is 2.84. The van der Waals surface area contributed by atoms with Crippen molar-refractivity contribution in [3.8, 4) is 5.69 Å². The van der Waals surface area contributed by atoms with Crippen LogP contribution in [-0.4, -0.2) is 55.5 Å². The summed E-state index contributed by atoms with van der Waals surface area (Å²) in [6, 6.07) is 16.0. The van der Waals surface area contributed by atoms with Crippen LogP contribution in [0.5, 0.6) is 0 Å². The van der Waals surface area contributed by atoms with Gasteiger partial charge in [-0.1, -0.05) is 24.3 Å². The van der Waals surface area contributed by atoms with E-state index in [1.165, 1.54) is 0 Å². The maximum Gasteiger partial charge on any atom is 0.136 e. The first-order valence-corrected chi connectivity index (χ1v) is 7.98. The third-order valence-corrected chi connectivity index (χ3v) is 3.85. The molecule has 0 unspecified atom stereocenters. The molecule has 3 aromatic rings. The highest BCUT2D eigenvalue weighted by molar-refractivity contribution is 5.88. The number of benzene rings is 2. The van der Waals surface area contributed by atoms with E-state index in [-0.39, 0.29) is 0 Å². The van der Waals surface area contributed by atoms with E-state index in [1.54, 1.807) is 19.0 Å². The summed E-state index contributed by atoms with van der Waals surface area (Å²) in [7, 11) is 3.42. The first kappa shape index (κ1) is 16.4. The van der Waals surface area contributed by atoms with Crippen LogP contribution < -0.4 is 4.90 Å². The molecule has 126 valence electrons. The lowest BCUT2D eigenvalue weighted by atomic mass is 10.2. The van der Waals surface area contributed by atoms with E-state index in [0.29, 0.717) is 13.2 Å². The second-order valence-corrected chi connectivity index (χ2v) is 5.44. The smallest absolute Gasteiger partial charge is 0.136 e. The predicted molar refractivity (Wildman–Crippen MR) is 94.8 cm³/mol. The molecule has 0 saturated heterocycles. The van der Waals surface area contributed by atoms with Crippen molar-refractivity contribution in [1.82, 2.24) is 15.0 Å². The Balaban J connectivity index is 1.98. The number of fused-ring (bicyclic) bond motifs is 1. The molecule has 1 aromatic heterocycles. The topological polar surface area (TPSA) is 52.4 Å². The summed E-state index contributed by atoms with van der Waals surface area (Å²) in [5, 5.41) is 9.31. The summed E-state index contributed by atoms with van der Waals surface area (Å²) < 4.78 is 10.5. The number of anilines is 1. The van der Waals surface area contributed by atoms with Gasteiger partial charge in [-0.05, 0) is 24.3 Å². The molecule has 0 aliphatic heterocycles. The number of rotatable bonds is 8. The third kappa shape index (κ3) is 3.55. The normalized spacial score (nSPS) is 11.1. The van der Waals surface area contributed by atoms with E-state index in [1.807, 2.05) is 42.5 Å². The third-order valence-electron chi connectivity index (χ3n) is 3.85. The average Bonchev–Trinajstić information content (AvgIpc) is 3.07. The zero-order chi connectivity index (χ0) is 16.8. The Kier molecular flexibility index (Phi) is 5.40. The predicted octanol–water partition coefficient (Wildman–Crippen LogP) is 2.52. The van der Waals surface area contributed by atoms with Gasteiger partial charge in [0.05, 0.1) is 24.6 Å². The van der Waals surface area contributed by atoms with Crippen LogP contribution in [0.4, 0.5) is 5.69 Å². The molecule has 0 bridgehead atoms. The zero-order valence-electron chi connectivity index (χ0n) is 14.1. The quantitative estimate of drug-likeness (QED) is 0.637. The molecule has 24 heavy (non-hydrogen) atoms. The van der Waals surface area contributed by atoms with Gasteiger partial charge in [-0.25, -0.2) is 0 Å². The molecule has 3 rings (SSSR count). The minimum Gasteiger partial charge on any atom is -0.383 e. The highest BCUT2D eigenvalue weighted by atomic mass is 16.5. The highest BCUT2D eigenvalue weighted by Crippen LogP contribution is 2.24. The molecule has 6 nitrogen and oxygen atoms in total. The maximum atomic E-state index is 5.24. The molecular weight excluding hydrogens is 304 g/mol. The number of para-hydroxylation sites is 1. The van der Waals surface area contributed by atoms with Crippen molar-refractivity contribution in [3.05, 3.63) is 48.5 Å². The van der Waals surface area contributed by atoms with Crippen LogP contribution >= 0.6 is 0 Å². The van der Waals surface area contributed by atoms with Crippen LogP contribution in [0.15, 0.2) is 48.5 Å². The van der Waals surface area contributed by atoms with Crippen molar-refractivity contribution in [1.29, 1.82) is 0 Å². The maximum absolute atomic E-state index is 5.24. The number of nitrogens with zero attached hydrogens (tertiary/aromatic N) is 4. The zero-order valence-corrected chi connectivity index (χ0v) is 14.1. The van der Waals surface area contributed by atoms with Crippen molar-refractivity contribution in [2.75, 3.05) is 45.4 Å². The number of ether oxygens (including phenoxy) is 2. The van der Waals surface area contributed by atoms with Gasteiger partial charge in [0.1, 0.15) is 11.0 Å². The SMILES string of the molecule is COCCN(CCOC)c1cccc2nn(-c3ccccc3)nc12. The van der Waals surface area contributed by atoms with Crippen molar-refractivity contribution < 1.29 is 9.47 Å². The number of hydrogen-bond donors (Lipinski definition) is 0. The first-order valence-electron chi connectivity index (χ1n) is 7.98.